The van der Waals surface area contributed by atoms with Gasteiger partial charge in [0.25, 0.3) is 0 Å². The van der Waals surface area contributed by atoms with Crippen molar-refractivity contribution >= 4 is 16.9 Å². The SMILES string of the molecule is CC(C)(O)[C@@H]1CC=C(C(=O)OC[C@@H]2O[C@H](Oc3c(-c4ccc(O)cc4)oc4cc(O)cc(O)c4c3=O)[C@H](O)[C@H](O)[C@H]2O)CC1. The third kappa shape index (κ3) is 6.23. The van der Waals surface area contributed by atoms with Gasteiger partial charge in [-0.1, -0.05) is 6.08 Å². The highest BCUT2D eigenvalue weighted by molar-refractivity contribution is 5.89. The van der Waals surface area contributed by atoms with E-state index in [1.807, 2.05) is 0 Å². The lowest BCUT2D eigenvalue weighted by molar-refractivity contribution is -0.278. The molecule has 13 nitrogen and oxygen atoms in total. The molecule has 2 aliphatic rings. The number of esters is 1. The Labute approximate surface area is 250 Å². The van der Waals surface area contributed by atoms with Crippen molar-refractivity contribution in [1.29, 1.82) is 0 Å². The molecule has 13 heteroatoms. The van der Waals surface area contributed by atoms with Gasteiger partial charge in [-0.15, -0.1) is 0 Å². The fourth-order valence-electron chi connectivity index (χ4n) is 5.36. The predicted molar refractivity (Wildman–Crippen MR) is 153 cm³/mol. The van der Waals surface area contributed by atoms with Crippen LogP contribution in [0.15, 0.2) is 57.3 Å². The average molecular weight is 615 g/mol. The van der Waals surface area contributed by atoms with Crippen LogP contribution in [0.3, 0.4) is 0 Å². The number of aromatic hydroxyl groups is 3. The Balaban J connectivity index is 1.41. The predicted octanol–water partition coefficient (Wildman–Crippen LogP) is 1.80. The summed E-state index contributed by atoms with van der Waals surface area (Å²) in [6.45, 7) is 2.88. The minimum Gasteiger partial charge on any atom is -0.508 e. The number of aliphatic hydroxyl groups excluding tert-OH is 3. The van der Waals surface area contributed by atoms with Crippen LogP contribution in [0.4, 0.5) is 0 Å². The molecular formula is C31H34O13. The zero-order chi connectivity index (χ0) is 31.9. The van der Waals surface area contributed by atoms with Crippen molar-refractivity contribution in [2.24, 2.45) is 5.92 Å². The van der Waals surface area contributed by atoms with Crippen LogP contribution in [0.25, 0.3) is 22.3 Å². The van der Waals surface area contributed by atoms with Crippen molar-refractivity contribution in [3.8, 4) is 34.3 Å². The molecule has 0 radical (unpaired) electrons. The number of hydrogen-bond acceptors (Lipinski definition) is 13. The molecule has 1 aliphatic heterocycles. The lowest BCUT2D eigenvalue weighted by Gasteiger charge is -2.40. The van der Waals surface area contributed by atoms with Crippen molar-refractivity contribution in [1.82, 2.24) is 0 Å². The normalized spacial score (nSPS) is 25.8. The summed E-state index contributed by atoms with van der Waals surface area (Å²) in [5.74, 6) is -2.56. The van der Waals surface area contributed by atoms with Gasteiger partial charge in [0, 0.05) is 23.3 Å². The molecule has 1 aromatic heterocycles. The molecule has 0 saturated carbocycles. The topological polar surface area (TPSA) is 217 Å². The van der Waals surface area contributed by atoms with Gasteiger partial charge >= 0.3 is 5.97 Å². The summed E-state index contributed by atoms with van der Waals surface area (Å²) in [6.07, 6.45) is -5.48. The monoisotopic (exact) mass is 614 g/mol. The maximum Gasteiger partial charge on any atom is 0.333 e. The first-order chi connectivity index (χ1) is 20.7. The number of rotatable bonds is 7. The quantitative estimate of drug-likeness (QED) is 0.189. The lowest BCUT2D eigenvalue weighted by Crippen LogP contribution is -2.60. The fourth-order valence-corrected chi connectivity index (χ4v) is 5.36. The lowest BCUT2D eigenvalue weighted by atomic mass is 9.79. The third-order valence-electron chi connectivity index (χ3n) is 8.00. The Morgan fingerprint density at radius 2 is 1.70 bits per heavy atom. The molecule has 236 valence electrons. The number of benzene rings is 2. The number of aliphatic hydroxyl groups is 4. The van der Waals surface area contributed by atoms with E-state index in [0.717, 1.165) is 12.1 Å². The van der Waals surface area contributed by atoms with E-state index in [9.17, 15) is 45.3 Å². The largest absolute Gasteiger partial charge is 0.508 e. The van der Waals surface area contributed by atoms with E-state index in [1.54, 1.807) is 19.9 Å². The number of phenolic OH excluding ortho intramolecular Hbond substituents is 3. The van der Waals surface area contributed by atoms with E-state index in [4.69, 9.17) is 18.6 Å². The van der Waals surface area contributed by atoms with Gasteiger partial charge in [0.2, 0.25) is 17.5 Å². The van der Waals surface area contributed by atoms with Crippen molar-refractivity contribution in [3.05, 3.63) is 58.3 Å². The maximum absolute atomic E-state index is 13.6. The molecular weight excluding hydrogens is 580 g/mol. The highest BCUT2D eigenvalue weighted by Gasteiger charge is 2.46. The minimum absolute atomic E-state index is 0.0242. The number of ether oxygens (including phenoxy) is 3. The van der Waals surface area contributed by atoms with Gasteiger partial charge in [0.1, 0.15) is 59.2 Å². The van der Waals surface area contributed by atoms with Gasteiger partial charge < -0.3 is 54.4 Å². The Bertz CT molecular complexity index is 1620. The Morgan fingerprint density at radius 1 is 1.00 bits per heavy atom. The molecule has 1 aliphatic carbocycles. The molecule has 5 rings (SSSR count). The molecule has 3 aromatic rings. The van der Waals surface area contributed by atoms with E-state index < -0.39 is 65.8 Å². The zero-order valence-electron chi connectivity index (χ0n) is 23.9. The standard InChI is InChI=1S/C31H34O13/c1-31(2,40)16-7-3-15(4-8-16)29(39)41-13-21-23(35)25(37)26(38)30(43-21)44-28-24(36)22-19(34)11-18(33)12-20(22)42-27(28)14-5-9-17(32)10-6-14/h3,5-6,9-12,16,21,23,25-26,30,32-35,37-38,40H,4,7-8,13H2,1-2H3/t16-,21+,23+,25-,26-,30-/m1/s1. The number of hydrogen-bond donors (Lipinski definition) is 7. The highest BCUT2D eigenvalue weighted by Crippen LogP contribution is 2.38. The summed E-state index contributed by atoms with van der Waals surface area (Å²) in [4.78, 5) is 26.3. The van der Waals surface area contributed by atoms with Crippen LogP contribution >= 0.6 is 0 Å². The Morgan fingerprint density at radius 3 is 2.34 bits per heavy atom. The van der Waals surface area contributed by atoms with Crippen LogP contribution in [0, 0.1) is 5.92 Å². The Hall–Kier alpha value is -4.14. The second kappa shape index (κ2) is 12.1. The van der Waals surface area contributed by atoms with Crippen molar-refractivity contribution in [2.45, 2.75) is 69.4 Å². The van der Waals surface area contributed by atoms with Crippen LogP contribution in [0.1, 0.15) is 33.1 Å². The molecule has 0 amide bonds. The van der Waals surface area contributed by atoms with Gasteiger partial charge in [-0.3, -0.25) is 4.79 Å². The summed E-state index contributed by atoms with van der Waals surface area (Å²) in [7, 11) is 0. The summed E-state index contributed by atoms with van der Waals surface area (Å²) < 4.78 is 22.6. The molecule has 7 N–H and O–H groups in total. The number of allylic oxidation sites excluding steroid dienone is 1. The molecule has 1 fully saturated rings. The van der Waals surface area contributed by atoms with Crippen LogP contribution in [-0.2, 0) is 14.3 Å². The van der Waals surface area contributed by atoms with E-state index in [2.05, 4.69) is 0 Å². The van der Waals surface area contributed by atoms with Crippen molar-refractivity contribution < 1.29 is 59.2 Å². The first kappa shape index (κ1) is 31.3. The first-order valence-corrected chi connectivity index (χ1v) is 14.0. The third-order valence-corrected chi connectivity index (χ3v) is 8.00. The molecule has 1 saturated heterocycles. The van der Waals surface area contributed by atoms with E-state index in [1.165, 1.54) is 24.3 Å². The summed E-state index contributed by atoms with van der Waals surface area (Å²) in [6, 6.07) is 7.45. The van der Waals surface area contributed by atoms with Crippen molar-refractivity contribution in [3.63, 3.8) is 0 Å². The molecule has 0 unspecified atom stereocenters. The first-order valence-electron chi connectivity index (χ1n) is 14.0. The molecule has 2 heterocycles. The number of fused-ring (bicyclic) bond motifs is 1. The van der Waals surface area contributed by atoms with Gasteiger partial charge in [0.15, 0.2) is 5.76 Å². The summed E-state index contributed by atoms with van der Waals surface area (Å²) in [5, 5.41) is 71.8. The minimum atomic E-state index is -1.88. The van der Waals surface area contributed by atoms with Crippen molar-refractivity contribution in [2.75, 3.05) is 6.61 Å². The van der Waals surface area contributed by atoms with Crippen LogP contribution in [0.2, 0.25) is 0 Å². The van der Waals surface area contributed by atoms with Crippen LogP contribution < -0.4 is 10.2 Å². The number of phenols is 3. The number of carbonyl (C=O) groups excluding carboxylic acids is 1. The van der Waals surface area contributed by atoms with E-state index >= 15 is 0 Å². The van der Waals surface area contributed by atoms with Crippen LogP contribution in [-0.4, -0.2) is 84.6 Å². The van der Waals surface area contributed by atoms with Gasteiger partial charge in [-0.2, -0.15) is 0 Å². The van der Waals surface area contributed by atoms with Crippen LogP contribution in [0.5, 0.6) is 23.0 Å². The van der Waals surface area contributed by atoms with E-state index in [-0.39, 0.29) is 39.7 Å². The average Bonchev–Trinajstić information content (AvgIpc) is 2.97. The number of carbonyl (C=O) groups is 1. The molecule has 0 spiro atoms. The van der Waals surface area contributed by atoms with Gasteiger partial charge in [0.05, 0.1) is 5.60 Å². The fraction of sp³-hybridized carbons (Fsp3) is 0.419. The Kier molecular flexibility index (Phi) is 8.60. The molecule has 6 atom stereocenters. The van der Waals surface area contributed by atoms with E-state index in [0.29, 0.717) is 24.8 Å². The van der Waals surface area contributed by atoms with Gasteiger partial charge in [-0.25, -0.2) is 4.79 Å². The second-order valence-electron chi connectivity index (χ2n) is 11.6. The second-order valence-corrected chi connectivity index (χ2v) is 11.6. The summed E-state index contributed by atoms with van der Waals surface area (Å²) >= 11 is 0. The summed E-state index contributed by atoms with van der Waals surface area (Å²) in [5.41, 5.74) is -1.40. The highest BCUT2D eigenvalue weighted by atomic mass is 16.7. The van der Waals surface area contributed by atoms with Gasteiger partial charge in [-0.05, 0) is 63.3 Å². The molecule has 2 aromatic carbocycles. The molecule has 44 heavy (non-hydrogen) atoms. The smallest absolute Gasteiger partial charge is 0.333 e. The zero-order valence-corrected chi connectivity index (χ0v) is 23.9. The maximum atomic E-state index is 13.6. The molecule has 0 bridgehead atoms.